The molecule has 1 atom stereocenters. The summed E-state index contributed by atoms with van der Waals surface area (Å²) in [6.07, 6.45) is -9.73. The van der Waals surface area contributed by atoms with Crippen molar-refractivity contribution in [2.24, 2.45) is 10.4 Å². The summed E-state index contributed by atoms with van der Waals surface area (Å²) in [4.78, 5) is 16.4. The van der Waals surface area contributed by atoms with Crippen molar-refractivity contribution in [1.29, 1.82) is 0 Å². The minimum absolute atomic E-state index is 0.111. The van der Waals surface area contributed by atoms with E-state index in [0.717, 1.165) is 0 Å². The van der Waals surface area contributed by atoms with Gasteiger partial charge in [-0.15, -0.1) is 0 Å². The normalized spacial score (nSPS) is 20.7. The van der Waals surface area contributed by atoms with Gasteiger partial charge >= 0.3 is 18.0 Å². The minimum atomic E-state index is -6.31. The van der Waals surface area contributed by atoms with Crippen molar-refractivity contribution in [2.45, 2.75) is 38.3 Å². The molecule has 4 nitrogen and oxygen atoms in total. The van der Waals surface area contributed by atoms with Gasteiger partial charge in [-0.25, -0.2) is 4.39 Å². The molecule has 0 aromatic heterocycles. The summed E-state index contributed by atoms with van der Waals surface area (Å²) in [5.41, 5.74) is -9.00. The number of phenolic OH excluding ortho intramolecular Hbond substituents is 1. The van der Waals surface area contributed by atoms with Crippen molar-refractivity contribution < 1.29 is 40.6 Å². The molecule has 0 radical (unpaired) electrons. The fourth-order valence-corrected chi connectivity index (χ4v) is 2.57. The summed E-state index contributed by atoms with van der Waals surface area (Å²) < 4.78 is 91.7. The van der Waals surface area contributed by atoms with Crippen LogP contribution >= 0.6 is 0 Å². The van der Waals surface area contributed by atoms with Crippen LogP contribution in [0.15, 0.2) is 35.0 Å². The highest BCUT2D eigenvalue weighted by Gasteiger charge is 2.73. The topological polar surface area (TPSA) is 61.7 Å². The zero-order valence-electron chi connectivity index (χ0n) is 14.5. The molecule has 0 spiro atoms. The highest BCUT2D eigenvalue weighted by molar-refractivity contribution is 6.00. The number of amides is 1. The quantitative estimate of drug-likeness (QED) is 0.542. The number of aliphatic imine (C=N–C) groups is 1. The van der Waals surface area contributed by atoms with Gasteiger partial charge in [-0.3, -0.25) is 9.79 Å². The van der Waals surface area contributed by atoms with Gasteiger partial charge in [-0.05, 0) is 31.6 Å². The molecule has 2 N–H and O–H groups in total. The molecule has 1 unspecified atom stereocenters. The monoisotopic (exact) mass is 412 g/mol. The smallest absolute Gasteiger partial charge is 0.435 e. The number of hydrogen-bond acceptors (Lipinski definition) is 3. The number of alkyl halides is 7. The van der Waals surface area contributed by atoms with Crippen LogP contribution in [-0.2, 0) is 10.5 Å². The van der Waals surface area contributed by atoms with Gasteiger partial charge in [-0.1, -0.05) is 6.07 Å². The molecule has 1 aliphatic heterocycles. The van der Waals surface area contributed by atoms with Gasteiger partial charge in [-0.2, -0.15) is 26.3 Å². The molecule has 0 fully saturated rings. The van der Waals surface area contributed by atoms with Gasteiger partial charge in [0.15, 0.2) is 0 Å². The molecular weight excluding hydrogens is 397 g/mol. The molecule has 1 heterocycles. The van der Waals surface area contributed by atoms with Crippen LogP contribution in [0.5, 0.6) is 5.75 Å². The number of halogens is 7. The number of benzene rings is 1. The maximum absolute atomic E-state index is 14.2. The Morgan fingerprint density at radius 3 is 2.21 bits per heavy atom. The van der Waals surface area contributed by atoms with Gasteiger partial charge in [0.25, 0.3) is 0 Å². The predicted octanol–water partition coefficient (Wildman–Crippen LogP) is 5.00. The number of nitrogens with zero attached hydrogens (tertiary/aromatic N) is 1. The lowest BCUT2D eigenvalue weighted by Gasteiger charge is -2.31. The van der Waals surface area contributed by atoms with Crippen molar-refractivity contribution in [3.8, 4) is 5.75 Å². The number of rotatable bonds is 3. The first-order valence-electron chi connectivity index (χ1n) is 7.81. The highest BCUT2D eigenvalue weighted by atomic mass is 19.4. The summed E-state index contributed by atoms with van der Waals surface area (Å²) in [5, 5.41) is 11.8. The average Bonchev–Trinajstić information content (AvgIpc) is 2.56. The van der Waals surface area contributed by atoms with Gasteiger partial charge in [0, 0.05) is 24.4 Å². The van der Waals surface area contributed by atoms with Crippen LogP contribution in [0.4, 0.5) is 36.4 Å². The Morgan fingerprint density at radius 2 is 1.71 bits per heavy atom. The number of carbonyl (C=O) groups excluding carboxylic acids is 1. The van der Waals surface area contributed by atoms with E-state index in [1.54, 1.807) is 6.92 Å². The van der Waals surface area contributed by atoms with E-state index >= 15 is 0 Å². The highest BCUT2D eigenvalue weighted by Crippen LogP contribution is 2.54. The molecule has 1 aromatic carbocycles. The fourth-order valence-electron chi connectivity index (χ4n) is 2.57. The van der Waals surface area contributed by atoms with Crippen LogP contribution in [0, 0.1) is 5.41 Å². The molecular formula is C17H15F7N2O2. The van der Waals surface area contributed by atoms with Gasteiger partial charge in [0.1, 0.15) is 5.75 Å². The SMILES string of the molecule is CC1=CN=CCC1(C)C(=O)Nc1cc(C(F)(C(F)(F)F)C(F)(F)F)ccc1O. The van der Waals surface area contributed by atoms with Crippen LogP contribution in [0.25, 0.3) is 0 Å². The third kappa shape index (κ3) is 3.45. The first kappa shape index (κ1) is 21.7. The minimum Gasteiger partial charge on any atom is -0.506 e. The predicted molar refractivity (Wildman–Crippen MR) is 86.6 cm³/mol. The zero-order valence-corrected chi connectivity index (χ0v) is 14.5. The van der Waals surface area contributed by atoms with Crippen LogP contribution in [0.3, 0.4) is 0 Å². The first-order chi connectivity index (χ1) is 12.6. The summed E-state index contributed by atoms with van der Waals surface area (Å²) in [5.74, 6) is -1.64. The third-order valence-corrected chi connectivity index (χ3v) is 4.67. The Hall–Kier alpha value is -2.59. The van der Waals surface area contributed by atoms with Crippen molar-refractivity contribution in [2.75, 3.05) is 5.32 Å². The number of carbonyl (C=O) groups is 1. The van der Waals surface area contributed by atoms with Crippen molar-refractivity contribution >= 4 is 17.8 Å². The van der Waals surface area contributed by atoms with E-state index in [-0.39, 0.29) is 18.6 Å². The number of phenols is 1. The van der Waals surface area contributed by atoms with Gasteiger partial charge in [0.05, 0.1) is 11.1 Å². The average molecular weight is 412 g/mol. The van der Waals surface area contributed by atoms with Crippen molar-refractivity contribution in [3.05, 3.63) is 35.5 Å². The Bertz CT molecular complexity index is 829. The number of nitrogens with one attached hydrogen (secondary N) is 1. The summed E-state index contributed by atoms with van der Waals surface area (Å²) in [6, 6.07) is 0.726. The van der Waals surface area contributed by atoms with Crippen LogP contribution < -0.4 is 5.32 Å². The maximum atomic E-state index is 14.2. The molecule has 28 heavy (non-hydrogen) atoms. The lowest BCUT2D eigenvalue weighted by atomic mass is 9.78. The number of anilines is 1. The third-order valence-electron chi connectivity index (χ3n) is 4.67. The van der Waals surface area contributed by atoms with E-state index in [1.807, 2.05) is 0 Å². The van der Waals surface area contributed by atoms with E-state index in [2.05, 4.69) is 10.3 Å². The number of aromatic hydroxyl groups is 1. The van der Waals surface area contributed by atoms with Crippen LogP contribution in [-0.4, -0.2) is 29.6 Å². The van der Waals surface area contributed by atoms with E-state index in [4.69, 9.17) is 0 Å². The van der Waals surface area contributed by atoms with Gasteiger partial charge in [0.2, 0.25) is 5.91 Å². The van der Waals surface area contributed by atoms with E-state index < -0.39 is 46.3 Å². The molecule has 1 aliphatic rings. The molecule has 0 bridgehead atoms. The number of hydrogen-bond donors (Lipinski definition) is 2. The van der Waals surface area contributed by atoms with Gasteiger partial charge < -0.3 is 10.4 Å². The van der Waals surface area contributed by atoms with Crippen molar-refractivity contribution in [3.63, 3.8) is 0 Å². The first-order valence-corrected chi connectivity index (χ1v) is 7.81. The summed E-state index contributed by atoms with van der Waals surface area (Å²) >= 11 is 0. The Balaban J connectivity index is 2.48. The van der Waals surface area contributed by atoms with E-state index in [0.29, 0.717) is 11.6 Å². The molecule has 2 rings (SSSR count). The van der Waals surface area contributed by atoms with E-state index in [9.17, 15) is 40.6 Å². The standard InChI is InChI=1S/C17H15F7N2O2/c1-9-8-25-6-5-14(9,2)13(28)26-11-7-10(3-4-12(11)27)15(18,16(19,20)21)17(22,23)24/h3-4,6-8,27H,5H2,1-2H3,(H,26,28). The molecule has 11 heteroatoms. The molecule has 0 saturated heterocycles. The largest absolute Gasteiger partial charge is 0.506 e. The lowest BCUT2D eigenvalue weighted by Crippen LogP contribution is -2.50. The Labute approximate surface area is 154 Å². The molecule has 154 valence electrons. The summed E-state index contributed by atoms with van der Waals surface area (Å²) in [6.45, 7) is 3.04. The fraction of sp³-hybridized carbons (Fsp3) is 0.412. The zero-order chi connectivity index (χ0) is 21.5. The van der Waals surface area contributed by atoms with E-state index in [1.165, 1.54) is 19.3 Å². The summed E-state index contributed by atoms with van der Waals surface area (Å²) in [7, 11) is 0. The molecule has 1 amide bonds. The molecule has 0 aliphatic carbocycles. The van der Waals surface area contributed by atoms with Crippen LogP contribution in [0.1, 0.15) is 25.8 Å². The lowest BCUT2D eigenvalue weighted by molar-refractivity contribution is -0.348. The second-order valence-electron chi connectivity index (χ2n) is 6.52. The second kappa shape index (κ2) is 6.78. The maximum Gasteiger partial charge on any atom is 0.435 e. The Kier molecular flexibility index (Phi) is 5.26. The van der Waals surface area contributed by atoms with Crippen LogP contribution in [0.2, 0.25) is 0 Å². The second-order valence-corrected chi connectivity index (χ2v) is 6.52. The Morgan fingerprint density at radius 1 is 1.14 bits per heavy atom. The molecule has 1 aromatic rings. The van der Waals surface area contributed by atoms with Crippen molar-refractivity contribution in [1.82, 2.24) is 0 Å². The molecule has 0 saturated carbocycles.